The lowest BCUT2D eigenvalue weighted by molar-refractivity contribution is -0.148. The highest BCUT2D eigenvalue weighted by Gasteiger charge is 2.11. The van der Waals surface area contributed by atoms with Crippen molar-refractivity contribution in [3.8, 4) is 5.75 Å². The van der Waals surface area contributed by atoms with E-state index in [1.165, 1.54) is 0 Å². The maximum Gasteiger partial charge on any atom is 0.306 e. The van der Waals surface area contributed by atoms with Crippen LogP contribution in [-0.4, -0.2) is 43.6 Å². The van der Waals surface area contributed by atoms with Gasteiger partial charge in [-0.1, -0.05) is 18.2 Å². The number of rotatable bonds is 10. The topological polar surface area (TPSA) is 93.7 Å². The van der Waals surface area contributed by atoms with E-state index in [2.05, 4.69) is 10.6 Å². The quantitative estimate of drug-likeness (QED) is 0.619. The number of carbonyl (C=O) groups excluding carboxylic acids is 3. The zero-order valence-electron chi connectivity index (χ0n) is 15.0. The Kier molecular flexibility index (Phi) is 9.06. The Hall–Kier alpha value is -2.57. The summed E-state index contributed by atoms with van der Waals surface area (Å²) in [6.07, 6.45) is 0.610. The Bertz CT molecular complexity index is 587. The van der Waals surface area contributed by atoms with Crippen LogP contribution in [0.25, 0.3) is 0 Å². The van der Waals surface area contributed by atoms with E-state index < -0.39 is 18.5 Å². The van der Waals surface area contributed by atoms with E-state index in [4.69, 9.17) is 9.47 Å². The first kappa shape index (κ1) is 20.5. The number of aryl methyl sites for hydroxylation is 1. The van der Waals surface area contributed by atoms with Crippen LogP contribution in [0.4, 0.5) is 0 Å². The molecule has 7 heteroatoms. The van der Waals surface area contributed by atoms with Gasteiger partial charge in [0, 0.05) is 12.5 Å². The van der Waals surface area contributed by atoms with Crippen molar-refractivity contribution in [2.45, 2.75) is 39.7 Å². The fourth-order valence-electron chi connectivity index (χ4n) is 2.06. The van der Waals surface area contributed by atoms with E-state index in [1.807, 2.05) is 45.0 Å². The Morgan fingerprint density at radius 2 is 1.84 bits per heavy atom. The second-order valence-electron chi connectivity index (χ2n) is 5.70. The molecule has 0 radical (unpaired) electrons. The van der Waals surface area contributed by atoms with E-state index >= 15 is 0 Å². The number of ether oxygens (including phenoxy) is 2. The smallest absolute Gasteiger partial charge is 0.306 e. The van der Waals surface area contributed by atoms with Gasteiger partial charge in [-0.05, 0) is 38.8 Å². The largest absolute Gasteiger partial charge is 0.494 e. The molecule has 0 atom stereocenters. The highest BCUT2D eigenvalue weighted by atomic mass is 16.5. The minimum absolute atomic E-state index is 0.00166. The lowest BCUT2D eigenvalue weighted by Gasteiger charge is -2.10. The Morgan fingerprint density at radius 1 is 1.12 bits per heavy atom. The van der Waals surface area contributed by atoms with Crippen molar-refractivity contribution in [1.82, 2.24) is 10.6 Å². The van der Waals surface area contributed by atoms with Gasteiger partial charge < -0.3 is 20.1 Å². The predicted molar refractivity (Wildman–Crippen MR) is 93.2 cm³/mol. The molecule has 0 bridgehead atoms. The SMILES string of the molecule is CCOc1ccccc1CCC(=O)OCC(=O)NCC(=O)NC(C)C. The maximum atomic E-state index is 11.8. The number of nitrogens with one attached hydrogen (secondary N) is 2. The molecule has 0 heterocycles. The molecule has 0 spiro atoms. The molecule has 0 aliphatic carbocycles. The zero-order chi connectivity index (χ0) is 18.7. The summed E-state index contributed by atoms with van der Waals surface area (Å²) in [5, 5.41) is 5.04. The standard InChI is InChI=1S/C18H26N2O5/c1-4-24-15-8-6-5-7-14(15)9-10-18(23)25-12-17(22)19-11-16(21)20-13(2)3/h5-8,13H,4,9-12H2,1-3H3,(H,19,22)(H,20,21). The van der Waals surface area contributed by atoms with Gasteiger partial charge in [0.25, 0.3) is 5.91 Å². The third-order valence-corrected chi connectivity index (χ3v) is 3.13. The molecule has 0 aliphatic rings. The molecule has 2 amide bonds. The molecule has 138 valence electrons. The first-order valence-electron chi connectivity index (χ1n) is 8.34. The summed E-state index contributed by atoms with van der Waals surface area (Å²) in [5.41, 5.74) is 0.913. The number of hydrogen-bond donors (Lipinski definition) is 2. The molecule has 25 heavy (non-hydrogen) atoms. The molecule has 7 nitrogen and oxygen atoms in total. The molecule has 2 N–H and O–H groups in total. The first-order chi connectivity index (χ1) is 11.9. The minimum atomic E-state index is -0.512. The Labute approximate surface area is 148 Å². The van der Waals surface area contributed by atoms with Crippen LogP contribution in [-0.2, 0) is 25.5 Å². The average molecular weight is 350 g/mol. The maximum absolute atomic E-state index is 11.8. The van der Waals surface area contributed by atoms with Gasteiger partial charge in [-0.3, -0.25) is 14.4 Å². The lowest BCUT2D eigenvalue weighted by Crippen LogP contribution is -2.41. The van der Waals surface area contributed by atoms with Crippen LogP contribution in [0.3, 0.4) is 0 Å². The normalized spacial score (nSPS) is 10.2. The van der Waals surface area contributed by atoms with Crippen molar-refractivity contribution in [2.24, 2.45) is 0 Å². The molecular formula is C18H26N2O5. The Morgan fingerprint density at radius 3 is 2.52 bits per heavy atom. The predicted octanol–water partition coefficient (Wildman–Crippen LogP) is 1.20. The summed E-state index contributed by atoms with van der Waals surface area (Å²) in [6.45, 7) is 5.55. The van der Waals surface area contributed by atoms with Crippen molar-refractivity contribution < 1.29 is 23.9 Å². The molecule has 0 saturated carbocycles. The van der Waals surface area contributed by atoms with E-state index in [9.17, 15) is 14.4 Å². The second-order valence-corrected chi connectivity index (χ2v) is 5.70. The fourth-order valence-corrected chi connectivity index (χ4v) is 2.06. The van der Waals surface area contributed by atoms with Crippen molar-refractivity contribution in [3.63, 3.8) is 0 Å². The van der Waals surface area contributed by atoms with Crippen LogP contribution in [0.5, 0.6) is 5.75 Å². The zero-order valence-corrected chi connectivity index (χ0v) is 15.0. The van der Waals surface area contributed by atoms with Crippen LogP contribution >= 0.6 is 0 Å². The molecule has 1 rings (SSSR count). The third-order valence-electron chi connectivity index (χ3n) is 3.13. The number of hydrogen-bond acceptors (Lipinski definition) is 5. The summed E-state index contributed by atoms with van der Waals surface area (Å²) in [6, 6.07) is 7.48. The molecule has 1 aromatic rings. The highest BCUT2D eigenvalue weighted by Crippen LogP contribution is 2.19. The molecule has 0 fully saturated rings. The average Bonchev–Trinajstić information content (AvgIpc) is 2.57. The number of esters is 1. The van der Waals surface area contributed by atoms with Gasteiger partial charge in [0.2, 0.25) is 5.91 Å². The molecule has 0 unspecified atom stereocenters. The van der Waals surface area contributed by atoms with Crippen LogP contribution in [0.15, 0.2) is 24.3 Å². The number of amides is 2. The van der Waals surface area contributed by atoms with Crippen molar-refractivity contribution in [2.75, 3.05) is 19.8 Å². The summed E-state index contributed by atoms with van der Waals surface area (Å²) < 4.78 is 10.4. The summed E-state index contributed by atoms with van der Waals surface area (Å²) in [7, 11) is 0. The second kappa shape index (κ2) is 11.1. The van der Waals surface area contributed by atoms with Gasteiger partial charge in [0.1, 0.15) is 5.75 Å². The van der Waals surface area contributed by atoms with Gasteiger partial charge in [0.05, 0.1) is 13.2 Å². The lowest BCUT2D eigenvalue weighted by atomic mass is 10.1. The van der Waals surface area contributed by atoms with Gasteiger partial charge in [-0.15, -0.1) is 0 Å². The molecular weight excluding hydrogens is 324 g/mol. The third kappa shape index (κ3) is 8.74. The van der Waals surface area contributed by atoms with E-state index in [-0.39, 0.29) is 24.9 Å². The minimum Gasteiger partial charge on any atom is -0.494 e. The van der Waals surface area contributed by atoms with Crippen molar-refractivity contribution in [1.29, 1.82) is 0 Å². The van der Waals surface area contributed by atoms with Crippen LogP contribution in [0, 0.1) is 0 Å². The van der Waals surface area contributed by atoms with Gasteiger partial charge in [0.15, 0.2) is 6.61 Å². The molecule has 0 aromatic heterocycles. The fraction of sp³-hybridized carbons (Fsp3) is 0.500. The van der Waals surface area contributed by atoms with E-state index in [0.717, 1.165) is 11.3 Å². The first-order valence-corrected chi connectivity index (χ1v) is 8.34. The van der Waals surface area contributed by atoms with Gasteiger partial charge in [-0.25, -0.2) is 0 Å². The Balaban J connectivity index is 2.29. The van der Waals surface area contributed by atoms with Crippen molar-refractivity contribution in [3.05, 3.63) is 29.8 Å². The number of carbonyl (C=O) groups is 3. The van der Waals surface area contributed by atoms with Crippen LogP contribution in [0.1, 0.15) is 32.8 Å². The van der Waals surface area contributed by atoms with E-state index in [0.29, 0.717) is 13.0 Å². The summed E-state index contributed by atoms with van der Waals surface area (Å²) in [5.74, 6) is -0.538. The summed E-state index contributed by atoms with van der Waals surface area (Å²) >= 11 is 0. The van der Waals surface area contributed by atoms with Crippen LogP contribution in [0.2, 0.25) is 0 Å². The molecule has 0 saturated heterocycles. The highest BCUT2D eigenvalue weighted by molar-refractivity contribution is 5.86. The molecule has 1 aromatic carbocycles. The van der Waals surface area contributed by atoms with E-state index in [1.54, 1.807) is 0 Å². The number of benzene rings is 1. The summed E-state index contributed by atoms with van der Waals surface area (Å²) in [4.78, 5) is 34.7. The van der Waals surface area contributed by atoms with Crippen LogP contribution < -0.4 is 15.4 Å². The van der Waals surface area contributed by atoms with Gasteiger partial charge in [-0.2, -0.15) is 0 Å². The van der Waals surface area contributed by atoms with Gasteiger partial charge >= 0.3 is 5.97 Å². The number of para-hydroxylation sites is 1. The monoisotopic (exact) mass is 350 g/mol. The van der Waals surface area contributed by atoms with Crippen molar-refractivity contribution >= 4 is 17.8 Å². The molecule has 0 aliphatic heterocycles.